The predicted octanol–water partition coefficient (Wildman–Crippen LogP) is 3.32. The molecule has 3 heteroatoms. The largest absolute Gasteiger partial charge is 0.467 e. The van der Waals surface area contributed by atoms with Crippen molar-refractivity contribution < 1.29 is 9.62 Å². The molecule has 1 heterocycles. The van der Waals surface area contributed by atoms with E-state index in [1.54, 1.807) is 18.4 Å². The van der Waals surface area contributed by atoms with Crippen LogP contribution in [0.1, 0.15) is 11.3 Å². The Morgan fingerprint density at radius 1 is 1.25 bits per heavy atom. The SMILES string of the molecule is C=Cc1ccc(N(O)Cc2ccco2)cc1. The van der Waals surface area contributed by atoms with Gasteiger partial charge in [0.2, 0.25) is 0 Å². The van der Waals surface area contributed by atoms with E-state index in [0.29, 0.717) is 6.54 Å². The van der Waals surface area contributed by atoms with E-state index in [1.807, 2.05) is 30.3 Å². The van der Waals surface area contributed by atoms with Crippen molar-refractivity contribution in [2.75, 3.05) is 5.06 Å². The van der Waals surface area contributed by atoms with Crippen molar-refractivity contribution in [3.63, 3.8) is 0 Å². The molecule has 0 aliphatic rings. The molecule has 0 saturated heterocycles. The van der Waals surface area contributed by atoms with Crippen LogP contribution in [0.5, 0.6) is 0 Å². The van der Waals surface area contributed by atoms with Gasteiger partial charge < -0.3 is 4.42 Å². The van der Waals surface area contributed by atoms with E-state index < -0.39 is 0 Å². The van der Waals surface area contributed by atoms with E-state index in [0.717, 1.165) is 22.1 Å². The Labute approximate surface area is 94.2 Å². The van der Waals surface area contributed by atoms with Gasteiger partial charge in [0.1, 0.15) is 12.3 Å². The lowest BCUT2D eigenvalue weighted by molar-refractivity contribution is 0.240. The molecule has 82 valence electrons. The van der Waals surface area contributed by atoms with Crippen molar-refractivity contribution in [1.82, 2.24) is 0 Å². The molecular weight excluding hydrogens is 202 g/mol. The molecule has 0 aliphatic carbocycles. The number of furan rings is 1. The molecular formula is C13H13NO2. The van der Waals surface area contributed by atoms with Gasteiger partial charge in [-0.3, -0.25) is 5.21 Å². The summed E-state index contributed by atoms with van der Waals surface area (Å²) in [5.74, 6) is 0.718. The third kappa shape index (κ3) is 2.32. The maximum atomic E-state index is 9.80. The van der Waals surface area contributed by atoms with Crippen LogP contribution in [0, 0.1) is 0 Å². The van der Waals surface area contributed by atoms with Crippen molar-refractivity contribution >= 4 is 11.8 Å². The highest BCUT2D eigenvalue weighted by Crippen LogP contribution is 2.16. The molecule has 1 aromatic carbocycles. The molecule has 0 atom stereocenters. The molecule has 1 aromatic heterocycles. The molecule has 0 amide bonds. The first-order chi connectivity index (χ1) is 7.79. The van der Waals surface area contributed by atoms with Gasteiger partial charge >= 0.3 is 0 Å². The zero-order valence-corrected chi connectivity index (χ0v) is 8.84. The van der Waals surface area contributed by atoms with E-state index in [9.17, 15) is 5.21 Å². The Morgan fingerprint density at radius 3 is 2.56 bits per heavy atom. The second kappa shape index (κ2) is 4.68. The van der Waals surface area contributed by atoms with Gasteiger partial charge in [0.05, 0.1) is 12.0 Å². The van der Waals surface area contributed by atoms with Crippen LogP contribution < -0.4 is 5.06 Å². The number of anilines is 1. The van der Waals surface area contributed by atoms with E-state index in [-0.39, 0.29) is 0 Å². The molecule has 0 spiro atoms. The van der Waals surface area contributed by atoms with E-state index in [2.05, 4.69) is 6.58 Å². The Balaban J connectivity index is 2.08. The summed E-state index contributed by atoms with van der Waals surface area (Å²) in [5.41, 5.74) is 1.75. The smallest absolute Gasteiger partial charge is 0.125 e. The number of rotatable bonds is 4. The number of hydrogen-bond acceptors (Lipinski definition) is 3. The molecule has 3 nitrogen and oxygen atoms in total. The predicted molar refractivity (Wildman–Crippen MR) is 63.2 cm³/mol. The molecule has 0 fully saturated rings. The number of hydrogen-bond donors (Lipinski definition) is 1. The highest BCUT2D eigenvalue weighted by atomic mass is 16.5. The highest BCUT2D eigenvalue weighted by molar-refractivity contribution is 5.53. The fraction of sp³-hybridized carbons (Fsp3) is 0.0769. The Bertz CT molecular complexity index is 445. The number of benzene rings is 1. The van der Waals surface area contributed by atoms with E-state index >= 15 is 0 Å². The Kier molecular flexibility index (Phi) is 3.08. The van der Waals surface area contributed by atoms with Crippen LogP contribution in [0.2, 0.25) is 0 Å². The lowest BCUT2D eigenvalue weighted by Crippen LogP contribution is -2.16. The summed E-state index contributed by atoms with van der Waals surface area (Å²) < 4.78 is 5.15. The van der Waals surface area contributed by atoms with Crippen molar-refractivity contribution in [3.8, 4) is 0 Å². The third-order valence-corrected chi connectivity index (χ3v) is 2.31. The van der Waals surface area contributed by atoms with Crippen molar-refractivity contribution in [3.05, 3.63) is 60.6 Å². The fourth-order valence-electron chi connectivity index (χ4n) is 1.42. The zero-order chi connectivity index (χ0) is 11.4. The Hall–Kier alpha value is -2.00. The van der Waals surface area contributed by atoms with Gasteiger partial charge in [0.25, 0.3) is 0 Å². The van der Waals surface area contributed by atoms with E-state index in [1.165, 1.54) is 0 Å². The molecule has 0 saturated carbocycles. The second-order valence-corrected chi connectivity index (χ2v) is 3.43. The lowest BCUT2D eigenvalue weighted by atomic mass is 10.2. The maximum absolute atomic E-state index is 9.80. The molecule has 0 unspecified atom stereocenters. The number of hydroxylamine groups is 1. The molecule has 16 heavy (non-hydrogen) atoms. The standard InChI is InChI=1S/C13H13NO2/c1-2-11-5-7-12(8-6-11)14(15)10-13-4-3-9-16-13/h2-9,15H,1,10H2. The zero-order valence-electron chi connectivity index (χ0n) is 8.84. The monoisotopic (exact) mass is 215 g/mol. The minimum absolute atomic E-state index is 0.334. The summed E-state index contributed by atoms with van der Waals surface area (Å²) in [5, 5.41) is 10.9. The van der Waals surface area contributed by atoms with Gasteiger partial charge in [-0.1, -0.05) is 24.8 Å². The summed E-state index contributed by atoms with van der Waals surface area (Å²) in [4.78, 5) is 0. The summed E-state index contributed by atoms with van der Waals surface area (Å²) in [6, 6.07) is 11.1. The van der Waals surface area contributed by atoms with Crippen molar-refractivity contribution in [2.45, 2.75) is 6.54 Å². The summed E-state index contributed by atoms with van der Waals surface area (Å²) >= 11 is 0. The summed E-state index contributed by atoms with van der Waals surface area (Å²) in [6.45, 7) is 4.01. The second-order valence-electron chi connectivity index (χ2n) is 3.43. The summed E-state index contributed by atoms with van der Waals surface area (Å²) in [7, 11) is 0. The fourth-order valence-corrected chi connectivity index (χ4v) is 1.42. The van der Waals surface area contributed by atoms with Crippen LogP contribution in [-0.2, 0) is 6.54 Å². The molecule has 2 aromatic rings. The molecule has 2 rings (SSSR count). The van der Waals surface area contributed by atoms with Crippen molar-refractivity contribution in [2.24, 2.45) is 0 Å². The molecule has 1 N–H and O–H groups in total. The summed E-state index contributed by atoms with van der Waals surface area (Å²) in [6.07, 6.45) is 3.35. The van der Waals surface area contributed by atoms with Crippen LogP contribution in [0.3, 0.4) is 0 Å². The lowest BCUT2D eigenvalue weighted by Gasteiger charge is -2.15. The third-order valence-electron chi connectivity index (χ3n) is 2.31. The van der Waals surface area contributed by atoms with Gasteiger partial charge in [0.15, 0.2) is 0 Å². The van der Waals surface area contributed by atoms with Crippen LogP contribution in [0.4, 0.5) is 5.69 Å². The quantitative estimate of drug-likeness (QED) is 0.795. The van der Waals surface area contributed by atoms with Gasteiger partial charge in [-0.25, -0.2) is 5.06 Å². The highest BCUT2D eigenvalue weighted by Gasteiger charge is 2.05. The van der Waals surface area contributed by atoms with Crippen LogP contribution >= 0.6 is 0 Å². The first-order valence-corrected chi connectivity index (χ1v) is 5.01. The van der Waals surface area contributed by atoms with Crippen molar-refractivity contribution in [1.29, 1.82) is 0 Å². The van der Waals surface area contributed by atoms with Crippen LogP contribution in [0.25, 0.3) is 6.08 Å². The van der Waals surface area contributed by atoms with Gasteiger partial charge in [0, 0.05) is 0 Å². The first-order valence-electron chi connectivity index (χ1n) is 5.01. The molecule has 0 aliphatic heterocycles. The topological polar surface area (TPSA) is 36.6 Å². The minimum Gasteiger partial charge on any atom is -0.467 e. The number of nitrogens with zero attached hydrogens (tertiary/aromatic N) is 1. The molecule has 0 radical (unpaired) electrons. The average Bonchev–Trinajstić information content (AvgIpc) is 2.82. The molecule has 0 bridgehead atoms. The van der Waals surface area contributed by atoms with Gasteiger partial charge in [-0.15, -0.1) is 0 Å². The maximum Gasteiger partial charge on any atom is 0.125 e. The van der Waals surface area contributed by atoms with Gasteiger partial charge in [-0.2, -0.15) is 0 Å². The first kappa shape index (κ1) is 10.5. The Morgan fingerprint density at radius 2 is 2.00 bits per heavy atom. The van der Waals surface area contributed by atoms with E-state index in [4.69, 9.17) is 4.42 Å². The average molecular weight is 215 g/mol. The van der Waals surface area contributed by atoms with Crippen LogP contribution in [0.15, 0.2) is 53.7 Å². The minimum atomic E-state index is 0.334. The normalized spacial score (nSPS) is 10.1. The van der Waals surface area contributed by atoms with Gasteiger partial charge in [-0.05, 0) is 29.8 Å². The van der Waals surface area contributed by atoms with Crippen LogP contribution in [-0.4, -0.2) is 5.21 Å².